The SMILES string of the molecule is CC(C)CCCNCCSc1ccc(Br)cc1. The first-order chi connectivity index (χ1) is 8.18. The molecule has 1 N–H and O–H groups in total. The van der Waals surface area contributed by atoms with Crippen LogP contribution in [0.5, 0.6) is 0 Å². The highest BCUT2D eigenvalue weighted by Crippen LogP contribution is 2.19. The van der Waals surface area contributed by atoms with Gasteiger partial charge in [0.2, 0.25) is 0 Å². The van der Waals surface area contributed by atoms with Gasteiger partial charge in [0.15, 0.2) is 0 Å². The summed E-state index contributed by atoms with van der Waals surface area (Å²) in [5.41, 5.74) is 0. The summed E-state index contributed by atoms with van der Waals surface area (Å²) >= 11 is 5.36. The molecular weight excluding hydrogens is 294 g/mol. The fourth-order valence-electron chi connectivity index (χ4n) is 1.53. The fourth-order valence-corrected chi connectivity index (χ4v) is 2.61. The van der Waals surface area contributed by atoms with Gasteiger partial charge in [0.25, 0.3) is 0 Å². The van der Waals surface area contributed by atoms with Gasteiger partial charge in [0.05, 0.1) is 0 Å². The van der Waals surface area contributed by atoms with Crippen molar-refractivity contribution in [1.29, 1.82) is 0 Å². The Morgan fingerprint density at radius 1 is 1.18 bits per heavy atom. The number of hydrogen-bond acceptors (Lipinski definition) is 2. The molecule has 1 rings (SSSR count). The van der Waals surface area contributed by atoms with Crippen molar-refractivity contribution in [3.8, 4) is 0 Å². The van der Waals surface area contributed by atoms with E-state index in [1.165, 1.54) is 17.7 Å². The molecule has 0 saturated carbocycles. The fraction of sp³-hybridized carbons (Fsp3) is 0.571. The lowest BCUT2D eigenvalue weighted by Crippen LogP contribution is -2.18. The van der Waals surface area contributed by atoms with E-state index in [1.54, 1.807) is 0 Å². The van der Waals surface area contributed by atoms with E-state index in [0.717, 1.165) is 29.2 Å². The third-order valence-corrected chi connectivity index (χ3v) is 4.04. The first-order valence-electron chi connectivity index (χ1n) is 6.27. The standard InChI is InChI=1S/C14H22BrNS/c1-12(2)4-3-9-16-10-11-17-14-7-5-13(15)6-8-14/h5-8,12,16H,3-4,9-11H2,1-2H3. The molecular formula is C14H22BrNS. The molecule has 1 aromatic carbocycles. The molecule has 0 spiro atoms. The van der Waals surface area contributed by atoms with E-state index in [1.807, 2.05) is 11.8 Å². The Labute approximate surface area is 118 Å². The Balaban J connectivity index is 1.99. The van der Waals surface area contributed by atoms with Crippen molar-refractivity contribution >= 4 is 27.7 Å². The molecule has 0 aromatic heterocycles. The first-order valence-corrected chi connectivity index (χ1v) is 8.05. The molecule has 96 valence electrons. The van der Waals surface area contributed by atoms with Crippen molar-refractivity contribution in [1.82, 2.24) is 5.32 Å². The molecule has 0 amide bonds. The zero-order chi connectivity index (χ0) is 12.5. The van der Waals surface area contributed by atoms with Crippen molar-refractivity contribution in [3.63, 3.8) is 0 Å². The molecule has 0 unspecified atom stereocenters. The van der Waals surface area contributed by atoms with Gasteiger partial charge in [0, 0.05) is 21.7 Å². The summed E-state index contributed by atoms with van der Waals surface area (Å²) in [6, 6.07) is 8.51. The van der Waals surface area contributed by atoms with E-state index < -0.39 is 0 Å². The third-order valence-electron chi connectivity index (χ3n) is 2.50. The molecule has 1 aromatic rings. The largest absolute Gasteiger partial charge is 0.316 e. The van der Waals surface area contributed by atoms with Crippen LogP contribution in [0.1, 0.15) is 26.7 Å². The van der Waals surface area contributed by atoms with E-state index in [2.05, 4.69) is 59.4 Å². The second-order valence-electron chi connectivity index (χ2n) is 4.59. The molecule has 1 nitrogen and oxygen atoms in total. The maximum atomic E-state index is 3.49. The Hall–Kier alpha value is 0.01000. The summed E-state index contributed by atoms with van der Waals surface area (Å²) in [5, 5.41) is 3.49. The Morgan fingerprint density at radius 3 is 2.53 bits per heavy atom. The number of thioether (sulfide) groups is 1. The maximum Gasteiger partial charge on any atom is 0.0176 e. The van der Waals surface area contributed by atoms with E-state index in [4.69, 9.17) is 0 Å². The number of rotatable bonds is 8. The van der Waals surface area contributed by atoms with Crippen LogP contribution in [0.2, 0.25) is 0 Å². The predicted molar refractivity (Wildman–Crippen MR) is 81.8 cm³/mol. The second-order valence-corrected chi connectivity index (χ2v) is 6.67. The molecule has 0 aliphatic carbocycles. The Morgan fingerprint density at radius 2 is 1.88 bits per heavy atom. The molecule has 3 heteroatoms. The molecule has 17 heavy (non-hydrogen) atoms. The summed E-state index contributed by atoms with van der Waals surface area (Å²) in [5.74, 6) is 1.97. The average molecular weight is 316 g/mol. The lowest BCUT2D eigenvalue weighted by Gasteiger charge is -2.06. The summed E-state index contributed by atoms with van der Waals surface area (Å²) < 4.78 is 1.15. The summed E-state index contributed by atoms with van der Waals surface area (Å²) in [4.78, 5) is 1.34. The van der Waals surface area contributed by atoms with Crippen molar-refractivity contribution in [2.75, 3.05) is 18.8 Å². The van der Waals surface area contributed by atoms with Crippen LogP contribution in [0, 0.1) is 5.92 Å². The van der Waals surface area contributed by atoms with Crippen molar-refractivity contribution < 1.29 is 0 Å². The molecule has 0 atom stereocenters. The van der Waals surface area contributed by atoms with Gasteiger partial charge >= 0.3 is 0 Å². The van der Waals surface area contributed by atoms with Crippen molar-refractivity contribution in [2.24, 2.45) is 5.92 Å². The molecule has 0 heterocycles. The maximum absolute atomic E-state index is 3.49. The van der Waals surface area contributed by atoms with Gasteiger partial charge in [-0.25, -0.2) is 0 Å². The topological polar surface area (TPSA) is 12.0 Å². The van der Waals surface area contributed by atoms with Gasteiger partial charge < -0.3 is 5.32 Å². The van der Waals surface area contributed by atoms with Crippen LogP contribution in [0.25, 0.3) is 0 Å². The van der Waals surface area contributed by atoms with Crippen LogP contribution in [0.3, 0.4) is 0 Å². The zero-order valence-electron chi connectivity index (χ0n) is 10.7. The van der Waals surface area contributed by atoms with E-state index in [0.29, 0.717) is 0 Å². The minimum Gasteiger partial charge on any atom is -0.316 e. The monoisotopic (exact) mass is 315 g/mol. The minimum absolute atomic E-state index is 0.828. The quantitative estimate of drug-likeness (QED) is 0.557. The predicted octanol–water partition coefficient (Wildman–Crippen LogP) is 4.57. The Bertz CT molecular complexity index is 298. The second kappa shape index (κ2) is 9.01. The van der Waals surface area contributed by atoms with E-state index >= 15 is 0 Å². The van der Waals surface area contributed by atoms with Crippen molar-refractivity contribution in [2.45, 2.75) is 31.6 Å². The number of benzene rings is 1. The van der Waals surface area contributed by atoms with Gasteiger partial charge in [-0.3, -0.25) is 0 Å². The number of nitrogens with one attached hydrogen (secondary N) is 1. The van der Waals surface area contributed by atoms with Gasteiger partial charge in [-0.1, -0.05) is 29.8 Å². The van der Waals surface area contributed by atoms with Crippen molar-refractivity contribution in [3.05, 3.63) is 28.7 Å². The van der Waals surface area contributed by atoms with Crippen LogP contribution in [0.4, 0.5) is 0 Å². The zero-order valence-corrected chi connectivity index (χ0v) is 13.1. The average Bonchev–Trinajstić information content (AvgIpc) is 2.30. The minimum atomic E-state index is 0.828. The molecule has 0 aliphatic heterocycles. The number of halogens is 1. The van der Waals surface area contributed by atoms with Crippen LogP contribution in [-0.4, -0.2) is 18.8 Å². The van der Waals surface area contributed by atoms with E-state index in [9.17, 15) is 0 Å². The van der Waals surface area contributed by atoms with Crippen LogP contribution in [-0.2, 0) is 0 Å². The number of hydrogen-bond donors (Lipinski definition) is 1. The molecule has 0 radical (unpaired) electrons. The molecule has 0 bridgehead atoms. The summed E-state index contributed by atoms with van der Waals surface area (Å²) in [6.07, 6.45) is 2.62. The van der Waals surface area contributed by atoms with Gasteiger partial charge in [-0.15, -0.1) is 11.8 Å². The van der Waals surface area contributed by atoms with Crippen LogP contribution >= 0.6 is 27.7 Å². The van der Waals surface area contributed by atoms with E-state index in [-0.39, 0.29) is 0 Å². The van der Waals surface area contributed by atoms with Crippen LogP contribution < -0.4 is 5.32 Å². The lowest BCUT2D eigenvalue weighted by atomic mass is 10.1. The summed E-state index contributed by atoms with van der Waals surface area (Å²) in [7, 11) is 0. The lowest BCUT2D eigenvalue weighted by molar-refractivity contribution is 0.534. The highest BCUT2D eigenvalue weighted by Gasteiger charge is 1.95. The normalized spacial score (nSPS) is 11.1. The Kier molecular flexibility index (Phi) is 7.99. The molecule has 0 saturated heterocycles. The smallest absolute Gasteiger partial charge is 0.0176 e. The van der Waals surface area contributed by atoms with Gasteiger partial charge in [-0.05, 0) is 49.6 Å². The summed E-state index contributed by atoms with van der Waals surface area (Å²) in [6.45, 7) is 6.81. The highest BCUT2D eigenvalue weighted by molar-refractivity contribution is 9.10. The van der Waals surface area contributed by atoms with Gasteiger partial charge in [-0.2, -0.15) is 0 Å². The van der Waals surface area contributed by atoms with Crippen LogP contribution in [0.15, 0.2) is 33.6 Å². The first kappa shape index (κ1) is 15.1. The molecule has 0 aliphatic rings. The third kappa shape index (κ3) is 7.85. The highest BCUT2D eigenvalue weighted by atomic mass is 79.9. The molecule has 0 fully saturated rings. The van der Waals surface area contributed by atoms with Gasteiger partial charge in [0.1, 0.15) is 0 Å².